The molecule has 0 atom stereocenters. The van der Waals surface area contributed by atoms with Crippen molar-refractivity contribution in [3.63, 3.8) is 0 Å². The van der Waals surface area contributed by atoms with Gasteiger partial charge in [0.2, 0.25) is 17.7 Å². The van der Waals surface area contributed by atoms with Gasteiger partial charge in [0, 0.05) is 18.9 Å². The first-order chi connectivity index (χ1) is 11.6. The molecule has 1 saturated heterocycles. The first-order valence-electron chi connectivity index (χ1n) is 8.64. The molecule has 0 spiro atoms. The number of nitrogens with one attached hydrogen (secondary N) is 2. The van der Waals surface area contributed by atoms with Gasteiger partial charge in [0.25, 0.3) is 0 Å². The summed E-state index contributed by atoms with van der Waals surface area (Å²) in [7, 11) is 0. The Kier molecular flexibility index (Phi) is 7.98. The zero-order chi connectivity index (χ0) is 17.4. The van der Waals surface area contributed by atoms with Crippen LogP contribution in [0.2, 0.25) is 0 Å². The monoisotopic (exact) mass is 371 g/mol. The third-order valence-electron chi connectivity index (χ3n) is 4.43. The lowest BCUT2D eigenvalue weighted by molar-refractivity contribution is -0.131. The molecule has 0 unspecified atom stereocenters. The molecule has 2 aliphatic rings. The first kappa shape index (κ1) is 19.2. The van der Waals surface area contributed by atoms with Gasteiger partial charge < -0.3 is 0 Å². The molecule has 2 N–H and O–H groups in total. The van der Waals surface area contributed by atoms with Gasteiger partial charge in [-0.3, -0.25) is 30.1 Å². The lowest BCUT2D eigenvalue weighted by atomic mass is 9.89. The van der Waals surface area contributed by atoms with Crippen LogP contribution in [0.15, 0.2) is 0 Å². The van der Waals surface area contributed by atoms with Gasteiger partial charge in [-0.25, -0.2) is 0 Å². The van der Waals surface area contributed by atoms with E-state index in [1.54, 1.807) is 4.90 Å². The number of nitrogens with zero attached hydrogens (tertiary/aromatic N) is 1. The third kappa shape index (κ3) is 6.05. The van der Waals surface area contributed by atoms with Crippen molar-refractivity contribution < 1.29 is 14.4 Å². The largest absolute Gasteiger partial charge is 0.297 e. The smallest absolute Gasteiger partial charge is 0.241 e. The summed E-state index contributed by atoms with van der Waals surface area (Å²) in [5.74, 6) is 0.332. The fourth-order valence-corrected chi connectivity index (χ4v) is 4.11. The lowest BCUT2D eigenvalue weighted by Gasteiger charge is -2.20. The highest BCUT2D eigenvalue weighted by molar-refractivity contribution is 8.23. The third-order valence-corrected chi connectivity index (χ3v) is 5.86. The van der Waals surface area contributed by atoms with E-state index in [0.29, 0.717) is 23.0 Å². The number of carbonyl (C=O) groups is 3. The highest BCUT2D eigenvalue weighted by Crippen LogP contribution is 2.23. The van der Waals surface area contributed by atoms with E-state index in [9.17, 15) is 14.4 Å². The van der Waals surface area contributed by atoms with Crippen LogP contribution in [0.3, 0.4) is 0 Å². The van der Waals surface area contributed by atoms with Crippen LogP contribution >= 0.6 is 24.0 Å². The van der Waals surface area contributed by atoms with Crippen LogP contribution in [-0.2, 0) is 14.4 Å². The van der Waals surface area contributed by atoms with E-state index in [2.05, 4.69) is 10.9 Å². The van der Waals surface area contributed by atoms with Crippen LogP contribution in [0.25, 0.3) is 0 Å². The van der Waals surface area contributed by atoms with Gasteiger partial charge in [-0.2, -0.15) is 0 Å². The van der Waals surface area contributed by atoms with Gasteiger partial charge in [-0.15, -0.1) is 0 Å². The second-order valence-corrected chi connectivity index (χ2v) is 7.89. The average molecular weight is 372 g/mol. The highest BCUT2D eigenvalue weighted by atomic mass is 32.2. The van der Waals surface area contributed by atoms with Crippen molar-refractivity contribution >= 4 is 46.0 Å². The predicted octanol–water partition coefficient (Wildman–Crippen LogP) is 2.13. The molecule has 0 radical (unpaired) electrons. The molecular weight excluding hydrogens is 346 g/mol. The number of hydrogen-bond acceptors (Lipinski definition) is 5. The summed E-state index contributed by atoms with van der Waals surface area (Å²) in [6, 6.07) is 0. The quantitative estimate of drug-likeness (QED) is 0.407. The number of carbonyl (C=O) groups excluding carboxylic acids is 3. The molecule has 8 heteroatoms. The molecule has 134 valence electrons. The molecule has 24 heavy (non-hydrogen) atoms. The summed E-state index contributed by atoms with van der Waals surface area (Å²) in [5.41, 5.74) is 5.04. The summed E-state index contributed by atoms with van der Waals surface area (Å²) in [4.78, 5) is 36.8. The molecule has 2 fully saturated rings. The van der Waals surface area contributed by atoms with E-state index in [-0.39, 0.29) is 23.6 Å². The molecule has 0 bridgehead atoms. The minimum Gasteiger partial charge on any atom is -0.297 e. The molecule has 2 rings (SSSR count). The summed E-state index contributed by atoms with van der Waals surface area (Å²) >= 11 is 6.52. The molecule has 6 nitrogen and oxygen atoms in total. The maximum absolute atomic E-state index is 11.9. The number of rotatable bonds is 7. The van der Waals surface area contributed by atoms with Crippen molar-refractivity contribution in [1.82, 2.24) is 15.8 Å². The Bertz CT molecular complexity index is 477. The van der Waals surface area contributed by atoms with Crippen molar-refractivity contribution in [2.45, 2.75) is 57.8 Å². The van der Waals surface area contributed by atoms with Crippen LogP contribution in [0.1, 0.15) is 57.8 Å². The van der Waals surface area contributed by atoms with Crippen molar-refractivity contribution in [3.05, 3.63) is 0 Å². The molecule has 1 aliphatic carbocycles. The second-order valence-electron chi connectivity index (χ2n) is 6.28. The molecule has 1 aliphatic heterocycles. The molecule has 3 amide bonds. The number of hydrazine groups is 1. The fraction of sp³-hybridized carbons (Fsp3) is 0.750. The van der Waals surface area contributed by atoms with Crippen LogP contribution in [0.5, 0.6) is 0 Å². The van der Waals surface area contributed by atoms with Gasteiger partial charge in [0.1, 0.15) is 4.32 Å². The zero-order valence-corrected chi connectivity index (χ0v) is 15.5. The predicted molar refractivity (Wildman–Crippen MR) is 98.1 cm³/mol. The first-order valence-corrected chi connectivity index (χ1v) is 10.0. The van der Waals surface area contributed by atoms with E-state index in [4.69, 9.17) is 12.2 Å². The second kappa shape index (κ2) is 9.98. The Morgan fingerprint density at radius 1 is 1.12 bits per heavy atom. The SMILES string of the molecule is O=C(CCCCCN1C(=O)CSC1=S)NNC(=O)C1CCCCC1. The van der Waals surface area contributed by atoms with Gasteiger partial charge in [-0.05, 0) is 25.7 Å². The van der Waals surface area contributed by atoms with Crippen molar-refractivity contribution in [2.75, 3.05) is 12.3 Å². The van der Waals surface area contributed by atoms with E-state index < -0.39 is 0 Å². The number of unbranched alkanes of at least 4 members (excludes halogenated alkanes) is 2. The van der Waals surface area contributed by atoms with Crippen molar-refractivity contribution in [1.29, 1.82) is 0 Å². The zero-order valence-electron chi connectivity index (χ0n) is 13.8. The Morgan fingerprint density at radius 3 is 2.54 bits per heavy atom. The Labute approximate surface area is 152 Å². The summed E-state index contributed by atoms with van der Waals surface area (Å²) < 4.78 is 0.656. The molecule has 0 aromatic rings. The van der Waals surface area contributed by atoms with Crippen LogP contribution in [0, 0.1) is 5.92 Å². The summed E-state index contributed by atoms with van der Waals surface area (Å²) in [6.07, 6.45) is 7.98. The average Bonchev–Trinajstić information content (AvgIpc) is 2.92. The van der Waals surface area contributed by atoms with Gasteiger partial charge >= 0.3 is 0 Å². The Hall–Kier alpha value is -1.15. The number of hydrogen-bond donors (Lipinski definition) is 2. The van der Waals surface area contributed by atoms with E-state index in [1.807, 2.05) is 0 Å². The summed E-state index contributed by atoms with van der Waals surface area (Å²) in [6.45, 7) is 0.630. The van der Waals surface area contributed by atoms with Crippen LogP contribution in [0.4, 0.5) is 0 Å². The normalized spacial score (nSPS) is 18.8. The number of amides is 3. The topological polar surface area (TPSA) is 78.5 Å². The maximum Gasteiger partial charge on any atom is 0.241 e. The fourth-order valence-electron chi connectivity index (χ4n) is 2.99. The highest BCUT2D eigenvalue weighted by Gasteiger charge is 2.25. The van der Waals surface area contributed by atoms with Crippen LogP contribution < -0.4 is 10.9 Å². The van der Waals surface area contributed by atoms with E-state index >= 15 is 0 Å². The lowest BCUT2D eigenvalue weighted by Crippen LogP contribution is -2.44. The van der Waals surface area contributed by atoms with Gasteiger partial charge in [0.05, 0.1) is 5.75 Å². The molecule has 0 aromatic carbocycles. The number of thiocarbonyl (C=S) groups is 1. The molecule has 1 saturated carbocycles. The molecular formula is C16H25N3O3S2. The van der Waals surface area contributed by atoms with E-state index in [0.717, 1.165) is 44.9 Å². The Balaban J connectivity index is 1.51. The Morgan fingerprint density at radius 2 is 1.88 bits per heavy atom. The van der Waals surface area contributed by atoms with Gasteiger partial charge in [-0.1, -0.05) is 49.7 Å². The standard InChI is InChI=1S/C16H25N3O3S2/c20-13(17-18-15(22)12-7-3-1-4-8-12)9-5-2-6-10-19-14(21)11-24-16(19)23/h12H,1-11H2,(H,17,20)(H,18,22). The van der Waals surface area contributed by atoms with E-state index in [1.165, 1.54) is 18.2 Å². The van der Waals surface area contributed by atoms with Crippen LogP contribution in [-0.4, -0.2) is 39.2 Å². The summed E-state index contributed by atoms with van der Waals surface area (Å²) in [5, 5.41) is 0. The molecule has 1 heterocycles. The van der Waals surface area contributed by atoms with Crippen molar-refractivity contribution in [2.24, 2.45) is 5.92 Å². The van der Waals surface area contributed by atoms with Gasteiger partial charge in [0.15, 0.2) is 0 Å². The minimum atomic E-state index is -0.164. The molecule has 0 aromatic heterocycles. The van der Waals surface area contributed by atoms with Crippen molar-refractivity contribution in [3.8, 4) is 0 Å². The number of thioether (sulfide) groups is 1. The maximum atomic E-state index is 11.9. The minimum absolute atomic E-state index is 0.0405.